The number of hydrogen-bond donors (Lipinski definition) is 0. The van der Waals surface area contributed by atoms with Gasteiger partial charge in [-0.15, -0.1) is 0 Å². The van der Waals surface area contributed by atoms with E-state index < -0.39 is 0 Å². The van der Waals surface area contributed by atoms with E-state index in [1.807, 2.05) is 6.92 Å². The highest BCUT2D eigenvalue weighted by Crippen LogP contribution is 2.21. The highest BCUT2D eigenvalue weighted by atomic mass is 15.2. The topological polar surface area (TPSA) is 24.7 Å². The fourth-order valence-electron chi connectivity index (χ4n) is 0.531. The fraction of sp³-hybridized carbons (Fsp3) is 0.333. The van der Waals surface area contributed by atoms with Crippen LogP contribution in [0.2, 0.25) is 0 Å². The van der Waals surface area contributed by atoms with Crippen LogP contribution in [0.5, 0.6) is 0 Å². The van der Waals surface area contributed by atoms with Gasteiger partial charge in [-0.1, -0.05) is 13.2 Å². The lowest BCUT2D eigenvalue weighted by Crippen LogP contribution is -1.93. The molecule has 0 aromatic carbocycles. The van der Waals surface area contributed by atoms with Crippen LogP contribution in [0.4, 0.5) is 0 Å². The molecule has 0 aliphatic carbocycles. The molecule has 0 saturated carbocycles. The molecule has 0 aromatic rings. The van der Waals surface area contributed by atoms with E-state index in [9.17, 15) is 0 Å². The van der Waals surface area contributed by atoms with E-state index in [1.54, 1.807) is 0 Å². The van der Waals surface area contributed by atoms with Crippen molar-refractivity contribution in [2.75, 3.05) is 0 Å². The van der Waals surface area contributed by atoms with Crippen LogP contribution in [-0.4, -0.2) is 6.04 Å². The Labute approximate surface area is 48.6 Å². The summed E-state index contributed by atoms with van der Waals surface area (Å²) in [6.07, 6.45) is 0. The van der Waals surface area contributed by atoms with Gasteiger partial charge in [-0.2, -0.15) is 10.2 Å². The van der Waals surface area contributed by atoms with Crippen LogP contribution in [0.1, 0.15) is 6.92 Å². The Balaban J connectivity index is 2.85. The van der Waals surface area contributed by atoms with E-state index in [0.29, 0.717) is 0 Å². The number of nitrogens with zero attached hydrogens (tertiary/aromatic N) is 2. The lowest BCUT2D eigenvalue weighted by atomic mass is 10.1. The SMILES string of the molecule is C=C1N=NC(C)C1=C. The second kappa shape index (κ2) is 1.54. The summed E-state index contributed by atoms with van der Waals surface area (Å²) in [5.41, 5.74) is 1.66. The molecule has 0 radical (unpaired) electrons. The highest BCUT2D eigenvalue weighted by Gasteiger charge is 2.13. The van der Waals surface area contributed by atoms with Crippen LogP contribution >= 0.6 is 0 Å². The van der Waals surface area contributed by atoms with Crippen LogP contribution < -0.4 is 0 Å². The summed E-state index contributed by atoms with van der Waals surface area (Å²) in [5.74, 6) is 0. The Kier molecular flexibility index (Phi) is 1.01. The minimum absolute atomic E-state index is 0.155. The first-order chi connectivity index (χ1) is 3.72. The standard InChI is InChI=1S/C6H8N2/c1-4-5(2)7-8-6(4)3/h6H,1-2H2,3H3. The van der Waals surface area contributed by atoms with E-state index in [2.05, 4.69) is 23.4 Å². The van der Waals surface area contributed by atoms with Crippen molar-refractivity contribution in [1.29, 1.82) is 0 Å². The van der Waals surface area contributed by atoms with E-state index in [4.69, 9.17) is 0 Å². The summed E-state index contributed by atoms with van der Waals surface area (Å²) >= 11 is 0. The monoisotopic (exact) mass is 108 g/mol. The summed E-state index contributed by atoms with van der Waals surface area (Å²) in [6, 6.07) is 0.155. The Morgan fingerprint density at radius 1 is 1.50 bits per heavy atom. The van der Waals surface area contributed by atoms with E-state index in [-0.39, 0.29) is 6.04 Å². The lowest BCUT2D eigenvalue weighted by molar-refractivity contribution is 0.884. The molecule has 0 fully saturated rings. The Bertz CT molecular complexity index is 167. The van der Waals surface area contributed by atoms with E-state index >= 15 is 0 Å². The fourth-order valence-corrected chi connectivity index (χ4v) is 0.531. The van der Waals surface area contributed by atoms with Crippen LogP contribution in [0.25, 0.3) is 0 Å². The van der Waals surface area contributed by atoms with Gasteiger partial charge in [-0.3, -0.25) is 0 Å². The maximum atomic E-state index is 3.82. The summed E-state index contributed by atoms with van der Waals surface area (Å²) in [7, 11) is 0. The molecular formula is C6H8N2. The van der Waals surface area contributed by atoms with Crippen LogP contribution in [-0.2, 0) is 0 Å². The van der Waals surface area contributed by atoms with Gasteiger partial charge < -0.3 is 0 Å². The second-order valence-electron chi connectivity index (χ2n) is 1.86. The van der Waals surface area contributed by atoms with Crippen molar-refractivity contribution >= 4 is 0 Å². The molecule has 2 nitrogen and oxygen atoms in total. The number of azo groups is 1. The van der Waals surface area contributed by atoms with Gasteiger partial charge in [0.1, 0.15) is 0 Å². The average molecular weight is 108 g/mol. The Hall–Kier alpha value is -0.920. The summed E-state index contributed by atoms with van der Waals surface area (Å²) in [6.45, 7) is 9.30. The van der Waals surface area contributed by atoms with Crippen LogP contribution in [0, 0.1) is 0 Å². The second-order valence-corrected chi connectivity index (χ2v) is 1.86. The number of rotatable bonds is 0. The minimum atomic E-state index is 0.155. The molecule has 8 heavy (non-hydrogen) atoms. The first-order valence-electron chi connectivity index (χ1n) is 2.50. The zero-order chi connectivity index (χ0) is 6.15. The molecule has 0 amide bonds. The third kappa shape index (κ3) is 0.579. The third-order valence-corrected chi connectivity index (χ3v) is 1.23. The van der Waals surface area contributed by atoms with Crippen molar-refractivity contribution in [2.45, 2.75) is 13.0 Å². The van der Waals surface area contributed by atoms with Crippen molar-refractivity contribution < 1.29 is 0 Å². The van der Waals surface area contributed by atoms with Crippen LogP contribution in [0.3, 0.4) is 0 Å². The van der Waals surface area contributed by atoms with Gasteiger partial charge in [0.15, 0.2) is 0 Å². The van der Waals surface area contributed by atoms with Gasteiger partial charge in [-0.05, 0) is 12.5 Å². The zero-order valence-corrected chi connectivity index (χ0v) is 4.89. The smallest absolute Gasteiger partial charge is 0.0949 e. The van der Waals surface area contributed by atoms with E-state index in [1.165, 1.54) is 0 Å². The predicted molar refractivity (Wildman–Crippen MR) is 32.6 cm³/mol. The molecule has 1 rings (SSSR count). The molecule has 1 heterocycles. The molecule has 2 heteroatoms. The first kappa shape index (κ1) is 5.22. The van der Waals surface area contributed by atoms with Crippen LogP contribution in [0.15, 0.2) is 34.7 Å². The zero-order valence-electron chi connectivity index (χ0n) is 4.89. The number of hydrogen-bond acceptors (Lipinski definition) is 2. The van der Waals surface area contributed by atoms with Gasteiger partial charge in [0.05, 0.1) is 11.7 Å². The molecule has 0 aromatic heterocycles. The molecule has 0 spiro atoms. The molecular weight excluding hydrogens is 100 g/mol. The Morgan fingerprint density at radius 3 is 2.25 bits per heavy atom. The van der Waals surface area contributed by atoms with E-state index in [0.717, 1.165) is 11.3 Å². The summed E-state index contributed by atoms with van der Waals surface area (Å²) in [5, 5.41) is 7.55. The van der Waals surface area contributed by atoms with Gasteiger partial charge in [0, 0.05) is 0 Å². The van der Waals surface area contributed by atoms with Crippen molar-refractivity contribution in [3.05, 3.63) is 24.4 Å². The van der Waals surface area contributed by atoms with Crippen molar-refractivity contribution in [3.63, 3.8) is 0 Å². The molecule has 1 unspecified atom stereocenters. The summed E-state index contributed by atoms with van der Waals surface area (Å²) in [4.78, 5) is 0. The molecule has 0 bridgehead atoms. The minimum Gasteiger partial charge on any atom is -0.181 e. The van der Waals surface area contributed by atoms with Crippen molar-refractivity contribution in [3.8, 4) is 0 Å². The maximum absolute atomic E-state index is 3.82. The average Bonchev–Trinajstić information content (AvgIpc) is 1.98. The Morgan fingerprint density at radius 2 is 2.12 bits per heavy atom. The molecule has 0 N–H and O–H groups in total. The van der Waals surface area contributed by atoms with Gasteiger partial charge in [0.25, 0.3) is 0 Å². The quantitative estimate of drug-likeness (QED) is 0.453. The van der Waals surface area contributed by atoms with Crippen molar-refractivity contribution in [1.82, 2.24) is 0 Å². The molecule has 1 atom stereocenters. The van der Waals surface area contributed by atoms with Crippen molar-refractivity contribution in [2.24, 2.45) is 10.2 Å². The van der Waals surface area contributed by atoms with Gasteiger partial charge in [-0.25, -0.2) is 0 Å². The lowest BCUT2D eigenvalue weighted by Gasteiger charge is -1.94. The van der Waals surface area contributed by atoms with Gasteiger partial charge >= 0.3 is 0 Å². The molecule has 42 valence electrons. The third-order valence-electron chi connectivity index (χ3n) is 1.23. The highest BCUT2D eigenvalue weighted by molar-refractivity contribution is 5.31. The first-order valence-corrected chi connectivity index (χ1v) is 2.50. The largest absolute Gasteiger partial charge is 0.181 e. The molecule has 1 aliphatic rings. The maximum Gasteiger partial charge on any atom is 0.0949 e. The normalized spacial score (nSPS) is 27.4. The predicted octanol–water partition coefficient (Wildman–Crippen LogP) is 1.91. The molecule has 0 saturated heterocycles. The summed E-state index contributed by atoms with van der Waals surface area (Å²) < 4.78 is 0. The van der Waals surface area contributed by atoms with Gasteiger partial charge in [0.2, 0.25) is 0 Å². The molecule has 1 aliphatic heterocycles.